The van der Waals surface area contributed by atoms with Crippen molar-refractivity contribution in [2.75, 3.05) is 24.7 Å². The van der Waals surface area contributed by atoms with Crippen LogP contribution in [0.3, 0.4) is 0 Å². The number of hydrogen-bond acceptors (Lipinski definition) is 6. The summed E-state index contributed by atoms with van der Waals surface area (Å²) in [5.74, 6) is 0.460. The number of anilines is 1. The molecule has 0 spiro atoms. The number of halogens is 1. The molecule has 1 atom stereocenters. The van der Waals surface area contributed by atoms with Crippen LogP contribution in [0.1, 0.15) is 28.8 Å². The third-order valence-corrected chi connectivity index (χ3v) is 4.92. The number of aryl methyl sites for hydroxylation is 1. The molecule has 2 aromatic heterocycles. The predicted molar refractivity (Wildman–Crippen MR) is 101 cm³/mol. The number of aromatic nitrogens is 4. The molecule has 0 radical (unpaired) electrons. The summed E-state index contributed by atoms with van der Waals surface area (Å²) in [6.07, 6.45) is 1.58. The lowest BCUT2D eigenvalue weighted by Gasteiger charge is -2.36. The van der Waals surface area contributed by atoms with E-state index in [1.54, 1.807) is 35.1 Å². The lowest BCUT2D eigenvalue weighted by Crippen LogP contribution is -2.40. The molecule has 1 aliphatic rings. The number of ether oxygens (including phenoxy) is 1. The first-order valence-electron chi connectivity index (χ1n) is 8.98. The molecular weight excluding hydrogens is 359 g/mol. The van der Waals surface area contributed by atoms with Gasteiger partial charge in [-0.2, -0.15) is 10.4 Å². The zero-order valence-corrected chi connectivity index (χ0v) is 15.6. The summed E-state index contributed by atoms with van der Waals surface area (Å²) < 4.78 is 21.7. The maximum absolute atomic E-state index is 14.3. The molecule has 1 fully saturated rings. The lowest BCUT2D eigenvalue weighted by molar-refractivity contribution is 0.0933. The predicted octanol–water partition coefficient (Wildman–Crippen LogP) is 2.87. The van der Waals surface area contributed by atoms with Gasteiger partial charge in [0.1, 0.15) is 23.4 Å². The van der Waals surface area contributed by atoms with E-state index in [2.05, 4.69) is 20.0 Å². The molecule has 1 aromatic carbocycles. The minimum atomic E-state index is -0.328. The molecule has 0 N–H and O–H groups in total. The second kappa shape index (κ2) is 7.37. The van der Waals surface area contributed by atoms with Gasteiger partial charge in [0.2, 0.25) is 5.82 Å². The van der Waals surface area contributed by atoms with Gasteiger partial charge in [0.25, 0.3) is 0 Å². The first-order valence-corrected chi connectivity index (χ1v) is 8.98. The van der Waals surface area contributed by atoms with E-state index < -0.39 is 0 Å². The van der Waals surface area contributed by atoms with Gasteiger partial charge in [-0.25, -0.2) is 19.0 Å². The van der Waals surface area contributed by atoms with Crippen molar-refractivity contribution in [2.24, 2.45) is 0 Å². The molecule has 7 nitrogen and oxygen atoms in total. The number of nitriles is 1. The number of nitrogens with zero attached hydrogens (tertiary/aromatic N) is 6. The summed E-state index contributed by atoms with van der Waals surface area (Å²) in [5, 5.41) is 13.7. The van der Waals surface area contributed by atoms with Crippen molar-refractivity contribution in [1.82, 2.24) is 19.7 Å². The highest BCUT2D eigenvalue weighted by atomic mass is 19.1. The monoisotopic (exact) mass is 378 g/mol. The van der Waals surface area contributed by atoms with Gasteiger partial charge in [0.05, 0.1) is 24.9 Å². The molecular formula is C20H19FN6O. The highest BCUT2D eigenvalue weighted by molar-refractivity contribution is 5.47. The number of hydrogen-bond donors (Lipinski definition) is 0. The van der Waals surface area contributed by atoms with Gasteiger partial charge in [0, 0.05) is 24.0 Å². The van der Waals surface area contributed by atoms with Crippen LogP contribution in [0.4, 0.5) is 10.2 Å². The Bertz CT molecular complexity index is 1060. The Balaban J connectivity index is 1.78. The zero-order valence-electron chi connectivity index (χ0n) is 15.6. The third-order valence-electron chi connectivity index (χ3n) is 4.92. The molecule has 0 aliphatic carbocycles. The molecule has 3 aromatic rings. The zero-order chi connectivity index (χ0) is 19.7. The third kappa shape index (κ3) is 3.10. The first kappa shape index (κ1) is 18.1. The van der Waals surface area contributed by atoms with Gasteiger partial charge < -0.3 is 9.64 Å². The standard InChI is InChI=1S/C20H19FN6O/c1-13-20(14(2)27(25-13)16-6-4-3-5-15(16)21)17-12-28-10-9-26(17)19-7-8-23-18(11-22)24-19/h3-8,17H,9-10,12H2,1-2H3. The molecule has 1 saturated heterocycles. The van der Waals surface area contributed by atoms with E-state index in [4.69, 9.17) is 10.00 Å². The molecule has 0 saturated carbocycles. The highest BCUT2D eigenvalue weighted by Gasteiger charge is 2.31. The van der Waals surface area contributed by atoms with E-state index in [1.807, 2.05) is 19.9 Å². The van der Waals surface area contributed by atoms with Crippen LogP contribution in [0.5, 0.6) is 0 Å². The smallest absolute Gasteiger partial charge is 0.234 e. The van der Waals surface area contributed by atoms with E-state index >= 15 is 0 Å². The molecule has 1 aliphatic heterocycles. The fraction of sp³-hybridized carbons (Fsp3) is 0.300. The van der Waals surface area contributed by atoms with Gasteiger partial charge in [-0.3, -0.25) is 0 Å². The fourth-order valence-electron chi connectivity index (χ4n) is 3.68. The van der Waals surface area contributed by atoms with E-state index in [9.17, 15) is 4.39 Å². The lowest BCUT2D eigenvalue weighted by atomic mass is 10.0. The number of para-hydroxylation sites is 1. The van der Waals surface area contributed by atoms with E-state index in [1.165, 1.54) is 6.07 Å². The van der Waals surface area contributed by atoms with Crippen molar-refractivity contribution in [3.05, 3.63) is 65.1 Å². The van der Waals surface area contributed by atoms with Crippen LogP contribution in [0.15, 0.2) is 36.5 Å². The van der Waals surface area contributed by atoms with Gasteiger partial charge in [0.15, 0.2) is 0 Å². The quantitative estimate of drug-likeness (QED) is 0.697. The second-order valence-electron chi connectivity index (χ2n) is 6.58. The normalized spacial score (nSPS) is 16.8. The SMILES string of the molecule is Cc1nn(-c2ccccc2F)c(C)c1C1COCCN1c1ccnc(C#N)n1. The Hall–Kier alpha value is -3.31. The summed E-state index contributed by atoms with van der Waals surface area (Å²) in [4.78, 5) is 10.4. The average Bonchev–Trinajstić information content (AvgIpc) is 3.02. The molecule has 142 valence electrons. The highest BCUT2D eigenvalue weighted by Crippen LogP contribution is 2.33. The number of benzene rings is 1. The second-order valence-corrected chi connectivity index (χ2v) is 6.58. The summed E-state index contributed by atoms with van der Waals surface area (Å²) in [5.41, 5.74) is 3.03. The first-order chi connectivity index (χ1) is 13.6. The van der Waals surface area contributed by atoms with Crippen molar-refractivity contribution < 1.29 is 9.13 Å². The van der Waals surface area contributed by atoms with Crippen molar-refractivity contribution >= 4 is 5.82 Å². The van der Waals surface area contributed by atoms with Crippen LogP contribution >= 0.6 is 0 Å². The van der Waals surface area contributed by atoms with E-state index in [0.29, 0.717) is 31.3 Å². The molecule has 0 bridgehead atoms. The van der Waals surface area contributed by atoms with Crippen molar-refractivity contribution in [2.45, 2.75) is 19.9 Å². The molecule has 0 amide bonds. The Morgan fingerprint density at radius 2 is 2.07 bits per heavy atom. The maximum Gasteiger partial charge on any atom is 0.234 e. The number of morpholine rings is 1. The van der Waals surface area contributed by atoms with Crippen molar-refractivity contribution in [1.29, 1.82) is 5.26 Å². The molecule has 8 heteroatoms. The Kier molecular flexibility index (Phi) is 4.75. The fourth-order valence-corrected chi connectivity index (χ4v) is 3.68. The largest absolute Gasteiger partial charge is 0.377 e. The summed E-state index contributed by atoms with van der Waals surface area (Å²) in [7, 11) is 0. The molecule has 4 rings (SSSR count). The van der Waals surface area contributed by atoms with Gasteiger partial charge in [-0.1, -0.05) is 12.1 Å². The Morgan fingerprint density at radius 1 is 1.25 bits per heavy atom. The average molecular weight is 378 g/mol. The van der Waals surface area contributed by atoms with Gasteiger partial charge in [-0.05, 0) is 32.0 Å². The van der Waals surface area contributed by atoms with Gasteiger partial charge in [-0.15, -0.1) is 0 Å². The van der Waals surface area contributed by atoms with Crippen LogP contribution in [0, 0.1) is 31.0 Å². The number of rotatable bonds is 3. The van der Waals surface area contributed by atoms with Crippen LogP contribution < -0.4 is 4.90 Å². The summed E-state index contributed by atoms with van der Waals surface area (Å²) >= 11 is 0. The Morgan fingerprint density at radius 3 is 2.86 bits per heavy atom. The van der Waals surface area contributed by atoms with Gasteiger partial charge >= 0.3 is 0 Å². The minimum absolute atomic E-state index is 0.123. The maximum atomic E-state index is 14.3. The molecule has 28 heavy (non-hydrogen) atoms. The topological polar surface area (TPSA) is 79.9 Å². The summed E-state index contributed by atoms with van der Waals surface area (Å²) in [6, 6.07) is 10.2. The summed E-state index contributed by atoms with van der Waals surface area (Å²) in [6.45, 7) is 5.47. The van der Waals surface area contributed by atoms with Crippen molar-refractivity contribution in [3.63, 3.8) is 0 Å². The van der Waals surface area contributed by atoms with Crippen LogP contribution in [-0.4, -0.2) is 39.5 Å². The molecule has 3 heterocycles. The van der Waals surface area contributed by atoms with Crippen LogP contribution in [-0.2, 0) is 4.74 Å². The van der Waals surface area contributed by atoms with Crippen molar-refractivity contribution in [3.8, 4) is 11.8 Å². The van der Waals surface area contributed by atoms with E-state index in [-0.39, 0.29) is 17.7 Å². The van der Waals surface area contributed by atoms with E-state index in [0.717, 1.165) is 17.0 Å². The molecule has 1 unspecified atom stereocenters. The van der Waals surface area contributed by atoms with Crippen LogP contribution in [0.2, 0.25) is 0 Å². The Labute approximate surface area is 162 Å². The minimum Gasteiger partial charge on any atom is -0.377 e. The van der Waals surface area contributed by atoms with Crippen LogP contribution in [0.25, 0.3) is 5.69 Å².